The molecule has 1 aromatic rings. The molecule has 0 aliphatic heterocycles. The number of hydrogen-bond donors (Lipinski definition) is 3. The third-order valence-corrected chi connectivity index (χ3v) is 3.24. The second-order valence-corrected chi connectivity index (χ2v) is 4.46. The lowest BCUT2D eigenvalue weighted by Crippen LogP contribution is -2.20. The summed E-state index contributed by atoms with van der Waals surface area (Å²) in [5.41, 5.74) is 0.496. The van der Waals surface area contributed by atoms with Gasteiger partial charge in [0.15, 0.2) is 0 Å². The summed E-state index contributed by atoms with van der Waals surface area (Å²) < 4.78 is 0.679. The van der Waals surface area contributed by atoms with Crippen LogP contribution in [0.5, 0.6) is 0 Å². The molecule has 1 aromatic carbocycles. The Balaban J connectivity index is 3.05. The van der Waals surface area contributed by atoms with E-state index >= 15 is 0 Å². The van der Waals surface area contributed by atoms with Crippen LogP contribution in [0.25, 0.3) is 0 Å². The Morgan fingerprint density at radius 2 is 2.07 bits per heavy atom. The molecule has 0 saturated heterocycles. The van der Waals surface area contributed by atoms with Gasteiger partial charge in [-0.25, -0.2) is 0 Å². The van der Waals surface area contributed by atoms with Gasteiger partial charge in [-0.2, -0.15) is 12.6 Å². The van der Waals surface area contributed by atoms with E-state index in [-0.39, 0.29) is 5.75 Å². The van der Waals surface area contributed by atoms with Gasteiger partial charge in [-0.1, -0.05) is 33.6 Å². The molecule has 78 valence electrons. The van der Waals surface area contributed by atoms with Gasteiger partial charge in [0.2, 0.25) is 0 Å². The van der Waals surface area contributed by atoms with Crippen LogP contribution < -0.4 is 0 Å². The molecule has 2 N–H and O–H groups in total. The van der Waals surface area contributed by atoms with E-state index in [0.717, 1.165) is 0 Å². The van der Waals surface area contributed by atoms with Crippen molar-refractivity contribution < 1.29 is 10.2 Å². The second-order valence-electron chi connectivity index (χ2n) is 2.83. The molecule has 0 heterocycles. The first-order chi connectivity index (χ1) is 6.57. The van der Waals surface area contributed by atoms with Crippen LogP contribution in [0.15, 0.2) is 22.7 Å². The van der Waals surface area contributed by atoms with E-state index in [1.807, 2.05) is 0 Å². The summed E-state index contributed by atoms with van der Waals surface area (Å²) in [5.74, 6) is 0.179. The average molecular weight is 298 g/mol. The fraction of sp³-hybridized carbons (Fsp3) is 0.333. The van der Waals surface area contributed by atoms with Crippen molar-refractivity contribution in [2.24, 2.45) is 0 Å². The molecule has 0 spiro atoms. The number of hydrogen-bond acceptors (Lipinski definition) is 3. The highest BCUT2D eigenvalue weighted by Gasteiger charge is 2.21. The Morgan fingerprint density at radius 1 is 1.43 bits per heavy atom. The van der Waals surface area contributed by atoms with Crippen LogP contribution in [0, 0.1) is 0 Å². The van der Waals surface area contributed by atoms with Gasteiger partial charge in [-0.05, 0) is 12.1 Å². The minimum absolute atomic E-state index is 0.179. The highest BCUT2D eigenvalue weighted by Crippen LogP contribution is 2.32. The largest absolute Gasteiger partial charge is 0.389 e. The molecule has 0 aliphatic carbocycles. The number of benzene rings is 1. The number of aliphatic hydroxyl groups is 2. The van der Waals surface area contributed by atoms with E-state index in [2.05, 4.69) is 28.6 Å². The van der Waals surface area contributed by atoms with Crippen LogP contribution in [-0.2, 0) is 0 Å². The Morgan fingerprint density at radius 3 is 2.57 bits per heavy atom. The van der Waals surface area contributed by atoms with Gasteiger partial charge in [0.25, 0.3) is 0 Å². The molecule has 0 aliphatic rings. The van der Waals surface area contributed by atoms with Crippen molar-refractivity contribution in [2.75, 3.05) is 5.75 Å². The van der Waals surface area contributed by atoms with Crippen molar-refractivity contribution in [2.45, 2.75) is 12.2 Å². The summed E-state index contributed by atoms with van der Waals surface area (Å²) in [5, 5.41) is 19.6. The van der Waals surface area contributed by atoms with Crippen molar-refractivity contribution >= 4 is 40.2 Å². The van der Waals surface area contributed by atoms with Gasteiger partial charge in [-0.3, -0.25) is 0 Å². The van der Waals surface area contributed by atoms with E-state index in [1.165, 1.54) is 0 Å². The monoisotopic (exact) mass is 296 g/mol. The SMILES string of the molecule is OC(CS)C(O)c1c(Cl)cccc1Br. The van der Waals surface area contributed by atoms with Crippen LogP contribution in [0.1, 0.15) is 11.7 Å². The lowest BCUT2D eigenvalue weighted by Gasteiger charge is -2.18. The number of rotatable bonds is 3. The third kappa shape index (κ3) is 2.64. The Hall–Kier alpha value is 0.260. The predicted octanol–water partition coefficient (Wildman–Crippen LogP) is 2.43. The Bertz CT molecular complexity index is 301. The fourth-order valence-corrected chi connectivity index (χ4v) is 2.29. The molecule has 0 radical (unpaired) electrons. The molecule has 0 saturated carbocycles. The van der Waals surface area contributed by atoms with Gasteiger partial charge in [0.05, 0.1) is 6.10 Å². The van der Waals surface area contributed by atoms with Crippen LogP contribution in [0.4, 0.5) is 0 Å². The lowest BCUT2D eigenvalue weighted by atomic mass is 10.1. The molecule has 0 bridgehead atoms. The molecule has 2 unspecified atom stereocenters. The maximum atomic E-state index is 9.74. The minimum atomic E-state index is -1.02. The summed E-state index contributed by atoms with van der Waals surface area (Å²) in [6.45, 7) is 0. The average Bonchev–Trinajstić information content (AvgIpc) is 2.16. The molecule has 1 rings (SSSR count). The number of aliphatic hydroxyl groups excluding tert-OH is 2. The molecule has 2 atom stereocenters. The third-order valence-electron chi connectivity index (χ3n) is 1.85. The van der Waals surface area contributed by atoms with Gasteiger partial charge in [-0.15, -0.1) is 0 Å². The van der Waals surface area contributed by atoms with E-state index in [1.54, 1.807) is 18.2 Å². The fourth-order valence-electron chi connectivity index (χ4n) is 1.09. The lowest BCUT2D eigenvalue weighted by molar-refractivity contribution is 0.0334. The molecular weight excluding hydrogens is 288 g/mol. The van der Waals surface area contributed by atoms with Crippen molar-refractivity contribution in [3.8, 4) is 0 Å². The van der Waals surface area contributed by atoms with Crippen LogP contribution in [0.3, 0.4) is 0 Å². The molecule has 5 heteroatoms. The van der Waals surface area contributed by atoms with Gasteiger partial charge >= 0.3 is 0 Å². The van der Waals surface area contributed by atoms with Crippen molar-refractivity contribution in [3.05, 3.63) is 33.3 Å². The maximum Gasteiger partial charge on any atom is 0.108 e. The van der Waals surface area contributed by atoms with E-state index in [9.17, 15) is 10.2 Å². The highest BCUT2D eigenvalue weighted by atomic mass is 79.9. The van der Waals surface area contributed by atoms with Crippen molar-refractivity contribution in [1.29, 1.82) is 0 Å². The first-order valence-corrected chi connectivity index (χ1v) is 5.79. The predicted molar refractivity (Wildman–Crippen MR) is 64.0 cm³/mol. The van der Waals surface area contributed by atoms with Crippen molar-refractivity contribution in [1.82, 2.24) is 0 Å². The van der Waals surface area contributed by atoms with E-state index < -0.39 is 12.2 Å². The minimum Gasteiger partial charge on any atom is -0.389 e. The summed E-state index contributed by atoms with van der Waals surface area (Å²) in [6, 6.07) is 5.18. The summed E-state index contributed by atoms with van der Waals surface area (Å²) in [7, 11) is 0. The standard InChI is InChI=1S/C9H10BrClO2S/c10-5-2-1-3-6(11)8(5)9(13)7(12)4-14/h1-3,7,9,12-14H,4H2. The quantitative estimate of drug-likeness (QED) is 0.750. The molecule has 2 nitrogen and oxygen atoms in total. The maximum absolute atomic E-state index is 9.74. The first-order valence-electron chi connectivity index (χ1n) is 3.98. The molecule has 14 heavy (non-hydrogen) atoms. The zero-order valence-electron chi connectivity index (χ0n) is 7.19. The van der Waals surface area contributed by atoms with Crippen LogP contribution >= 0.6 is 40.2 Å². The molecule has 0 aromatic heterocycles. The number of thiol groups is 1. The molecule has 0 amide bonds. The van der Waals surface area contributed by atoms with E-state index in [4.69, 9.17) is 11.6 Å². The Labute approximate surface area is 101 Å². The topological polar surface area (TPSA) is 40.5 Å². The van der Waals surface area contributed by atoms with Gasteiger partial charge < -0.3 is 10.2 Å². The Kier molecular flexibility index (Phi) is 4.73. The second kappa shape index (κ2) is 5.37. The smallest absolute Gasteiger partial charge is 0.108 e. The zero-order valence-corrected chi connectivity index (χ0v) is 10.4. The van der Waals surface area contributed by atoms with E-state index in [0.29, 0.717) is 15.1 Å². The van der Waals surface area contributed by atoms with Gasteiger partial charge in [0.1, 0.15) is 6.10 Å². The first kappa shape index (κ1) is 12.3. The summed E-state index contributed by atoms with van der Waals surface area (Å²) in [6.07, 6.45) is -1.94. The summed E-state index contributed by atoms with van der Waals surface area (Å²) >= 11 is 13.1. The highest BCUT2D eigenvalue weighted by molar-refractivity contribution is 9.10. The van der Waals surface area contributed by atoms with Crippen LogP contribution in [0.2, 0.25) is 5.02 Å². The molecular formula is C9H10BrClO2S. The van der Waals surface area contributed by atoms with Gasteiger partial charge in [0, 0.05) is 20.8 Å². The summed E-state index contributed by atoms with van der Waals surface area (Å²) in [4.78, 5) is 0. The van der Waals surface area contributed by atoms with Crippen LogP contribution in [-0.4, -0.2) is 22.1 Å². The number of halogens is 2. The normalized spacial score (nSPS) is 15.2. The van der Waals surface area contributed by atoms with Crippen molar-refractivity contribution in [3.63, 3.8) is 0 Å². The zero-order chi connectivity index (χ0) is 10.7. The molecule has 0 fully saturated rings.